The largest absolute Gasteiger partial charge is 0.360 e. The van der Waals surface area contributed by atoms with Gasteiger partial charge in [0, 0.05) is 12.6 Å². The highest BCUT2D eigenvalue weighted by molar-refractivity contribution is 7.99. The molecule has 0 aliphatic heterocycles. The van der Waals surface area contributed by atoms with Crippen molar-refractivity contribution in [3.8, 4) is 0 Å². The van der Waals surface area contributed by atoms with Crippen LogP contribution < -0.4 is 5.32 Å². The summed E-state index contributed by atoms with van der Waals surface area (Å²) in [6, 6.07) is 11.7. The lowest BCUT2D eigenvalue weighted by Gasteiger charge is -2.04. The minimum Gasteiger partial charge on any atom is -0.360 e. The average Bonchev–Trinajstić information content (AvgIpc) is 2.83. The summed E-state index contributed by atoms with van der Waals surface area (Å²) in [6.45, 7) is 2.45. The Labute approximate surface area is 116 Å². The summed E-state index contributed by atoms with van der Waals surface area (Å²) in [4.78, 5) is 11.6. The smallest absolute Gasteiger partial charge is 0.230 e. The van der Waals surface area contributed by atoms with E-state index in [0.29, 0.717) is 18.1 Å². The molecule has 5 heteroatoms. The molecule has 0 fully saturated rings. The number of aromatic nitrogens is 1. The van der Waals surface area contributed by atoms with Crippen LogP contribution in [0.25, 0.3) is 0 Å². The lowest BCUT2D eigenvalue weighted by atomic mass is 10.2. The van der Waals surface area contributed by atoms with Crippen molar-refractivity contribution in [2.24, 2.45) is 0 Å². The Hall–Kier alpha value is -1.75. The first-order chi connectivity index (χ1) is 9.24. The van der Waals surface area contributed by atoms with Gasteiger partial charge >= 0.3 is 0 Å². The van der Waals surface area contributed by atoms with Crippen molar-refractivity contribution in [3.63, 3.8) is 0 Å². The molecule has 0 spiro atoms. The normalized spacial score (nSPS) is 10.4. The van der Waals surface area contributed by atoms with Gasteiger partial charge in [-0.25, -0.2) is 0 Å². The first-order valence-electron chi connectivity index (χ1n) is 6.04. The fourth-order valence-electron chi connectivity index (χ4n) is 1.58. The van der Waals surface area contributed by atoms with Crippen molar-refractivity contribution >= 4 is 17.7 Å². The molecular weight excluding hydrogens is 260 g/mol. The summed E-state index contributed by atoms with van der Waals surface area (Å²) in [7, 11) is 0. The summed E-state index contributed by atoms with van der Waals surface area (Å²) < 4.78 is 5.07. The molecule has 0 aliphatic rings. The zero-order valence-corrected chi connectivity index (χ0v) is 11.6. The number of nitrogens with zero attached hydrogens (tertiary/aromatic N) is 1. The molecule has 1 aromatic heterocycles. The maximum absolute atomic E-state index is 11.6. The Bertz CT molecular complexity index is 525. The number of carbonyl (C=O) groups excluding carboxylic acids is 1. The van der Waals surface area contributed by atoms with Gasteiger partial charge in [0.25, 0.3) is 0 Å². The van der Waals surface area contributed by atoms with E-state index >= 15 is 0 Å². The third-order valence-corrected chi connectivity index (χ3v) is 3.44. The molecule has 1 heterocycles. The third-order valence-electron chi connectivity index (χ3n) is 2.49. The van der Waals surface area contributed by atoms with Crippen LogP contribution in [-0.2, 0) is 17.1 Å². The van der Waals surface area contributed by atoms with E-state index < -0.39 is 0 Å². The molecule has 4 nitrogen and oxygen atoms in total. The Morgan fingerprint density at radius 2 is 2.16 bits per heavy atom. The van der Waals surface area contributed by atoms with Crippen molar-refractivity contribution in [1.29, 1.82) is 0 Å². The van der Waals surface area contributed by atoms with E-state index in [2.05, 4.69) is 10.5 Å². The van der Waals surface area contributed by atoms with Crippen LogP contribution in [0.5, 0.6) is 0 Å². The lowest BCUT2D eigenvalue weighted by Crippen LogP contribution is -2.24. The quantitative estimate of drug-likeness (QED) is 0.881. The van der Waals surface area contributed by atoms with Crippen LogP contribution in [-0.4, -0.2) is 16.8 Å². The van der Waals surface area contributed by atoms with E-state index in [4.69, 9.17) is 4.52 Å². The molecule has 1 aromatic carbocycles. The molecule has 0 bridgehead atoms. The van der Waals surface area contributed by atoms with Gasteiger partial charge in [0.2, 0.25) is 5.91 Å². The molecule has 0 aliphatic carbocycles. The van der Waals surface area contributed by atoms with Crippen LogP contribution in [0.1, 0.15) is 17.0 Å². The van der Waals surface area contributed by atoms with Gasteiger partial charge in [-0.3, -0.25) is 4.79 Å². The van der Waals surface area contributed by atoms with Gasteiger partial charge in [0.1, 0.15) is 5.76 Å². The predicted octanol–water partition coefficient (Wildman–Crippen LogP) is 2.53. The SMILES string of the molecule is Cc1cc(CSCC(=O)NCc2ccccc2)on1. The van der Waals surface area contributed by atoms with Crippen LogP contribution in [0, 0.1) is 6.92 Å². The van der Waals surface area contributed by atoms with Crippen molar-refractivity contribution in [3.05, 3.63) is 53.4 Å². The Morgan fingerprint density at radius 1 is 1.37 bits per heavy atom. The molecule has 0 radical (unpaired) electrons. The number of carbonyl (C=O) groups is 1. The van der Waals surface area contributed by atoms with Gasteiger partial charge in [-0.15, -0.1) is 11.8 Å². The summed E-state index contributed by atoms with van der Waals surface area (Å²) in [5.74, 6) is 1.93. The highest BCUT2D eigenvalue weighted by Crippen LogP contribution is 2.12. The maximum atomic E-state index is 11.6. The van der Waals surface area contributed by atoms with Gasteiger partial charge in [-0.05, 0) is 12.5 Å². The fourth-order valence-corrected chi connectivity index (χ4v) is 2.30. The van der Waals surface area contributed by atoms with Crippen LogP contribution in [0.2, 0.25) is 0 Å². The standard InChI is InChI=1S/C14H16N2O2S/c1-11-7-13(18-16-11)9-19-10-14(17)15-8-12-5-3-2-4-6-12/h2-7H,8-10H2,1H3,(H,15,17). The molecule has 100 valence electrons. The van der Waals surface area contributed by atoms with Gasteiger partial charge in [-0.2, -0.15) is 0 Å². The van der Waals surface area contributed by atoms with Crippen molar-refractivity contribution in [1.82, 2.24) is 10.5 Å². The predicted molar refractivity (Wildman–Crippen MR) is 75.7 cm³/mol. The number of hydrogen-bond donors (Lipinski definition) is 1. The first-order valence-corrected chi connectivity index (χ1v) is 7.20. The minimum absolute atomic E-state index is 0.0325. The second kappa shape index (κ2) is 6.99. The number of aryl methyl sites for hydroxylation is 1. The number of hydrogen-bond acceptors (Lipinski definition) is 4. The molecule has 0 saturated heterocycles. The summed E-state index contributed by atoms with van der Waals surface area (Å²) >= 11 is 1.52. The van der Waals surface area contributed by atoms with Gasteiger partial charge in [-0.1, -0.05) is 35.5 Å². The maximum Gasteiger partial charge on any atom is 0.230 e. The number of amides is 1. The van der Waals surface area contributed by atoms with Crippen LogP contribution in [0.4, 0.5) is 0 Å². The average molecular weight is 276 g/mol. The van der Waals surface area contributed by atoms with Gasteiger partial charge < -0.3 is 9.84 Å². The number of rotatable bonds is 6. The van der Waals surface area contributed by atoms with E-state index in [1.54, 1.807) is 0 Å². The monoisotopic (exact) mass is 276 g/mol. The van der Waals surface area contributed by atoms with Crippen molar-refractivity contribution in [2.45, 2.75) is 19.2 Å². The zero-order chi connectivity index (χ0) is 13.5. The van der Waals surface area contributed by atoms with Gasteiger partial charge in [0.15, 0.2) is 0 Å². The zero-order valence-electron chi connectivity index (χ0n) is 10.8. The topological polar surface area (TPSA) is 55.1 Å². The summed E-state index contributed by atoms with van der Waals surface area (Å²) in [5.41, 5.74) is 1.97. The molecule has 2 aromatic rings. The summed E-state index contributed by atoms with van der Waals surface area (Å²) in [5, 5.41) is 6.69. The van der Waals surface area contributed by atoms with E-state index in [0.717, 1.165) is 17.0 Å². The van der Waals surface area contributed by atoms with Crippen LogP contribution in [0.15, 0.2) is 40.9 Å². The Balaban J connectivity index is 1.65. The Morgan fingerprint density at radius 3 is 2.84 bits per heavy atom. The van der Waals surface area contributed by atoms with E-state index in [1.165, 1.54) is 11.8 Å². The summed E-state index contributed by atoms with van der Waals surface area (Å²) in [6.07, 6.45) is 0. The molecule has 1 amide bonds. The molecule has 2 rings (SSSR count). The van der Waals surface area contributed by atoms with Crippen molar-refractivity contribution in [2.75, 3.05) is 5.75 Å². The van der Waals surface area contributed by atoms with Crippen molar-refractivity contribution < 1.29 is 9.32 Å². The van der Waals surface area contributed by atoms with Crippen LogP contribution >= 0.6 is 11.8 Å². The first kappa shape index (κ1) is 13.7. The highest BCUT2D eigenvalue weighted by atomic mass is 32.2. The highest BCUT2D eigenvalue weighted by Gasteiger charge is 2.04. The van der Waals surface area contributed by atoms with E-state index in [1.807, 2.05) is 43.3 Å². The Kier molecular flexibility index (Phi) is 5.03. The second-order valence-electron chi connectivity index (χ2n) is 4.19. The minimum atomic E-state index is 0.0325. The molecule has 1 N–H and O–H groups in total. The third kappa shape index (κ3) is 4.79. The van der Waals surface area contributed by atoms with E-state index in [9.17, 15) is 4.79 Å². The molecule has 19 heavy (non-hydrogen) atoms. The molecule has 0 saturated carbocycles. The van der Waals surface area contributed by atoms with E-state index in [-0.39, 0.29) is 5.91 Å². The number of nitrogens with one attached hydrogen (secondary N) is 1. The number of benzene rings is 1. The van der Waals surface area contributed by atoms with Crippen LogP contribution in [0.3, 0.4) is 0 Å². The fraction of sp³-hybridized carbons (Fsp3) is 0.286. The molecule has 0 unspecified atom stereocenters. The molecular formula is C14H16N2O2S. The number of thioether (sulfide) groups is 1. The second-order valence-corrected chi connectivity index (χ2v) is 5.18. The lowest BCUT2D eigenvalue weighted by molar-refractivity contribution is -0.118. The van der Waals surface area contributed by atoms with Gasteiger partial charge in [0.05, 0.1) is 17.2 Å². The molecule has 0 atom stereocenters.